The molecule has 5 fully saturated rings. The van der Waals surface area contributed by atoms with Crippen LogP contribution < -0.4 is 0 Å². The van der Waals surface area contributed by atoms with E-state index in [0.29, 0.717) is 16.7 Å². The number of ether oxygens (including phenoxy) is 1. The minimum absolute atomic E-state index is 0.0544. The topological polar surface area (TPSA) is 26.3 Å². The maximum atomic E-state index is 12.6. The summed E-state index contributed by atoms with van der Waals surface area (Å²) in [4.78, 5) is 12.6. The lowest BCUT2D eigenvalue weighted by atomic mass is 9.36. The molecule has 0 saturated heterocycles. The first-order valence-corrected chi connectivity index (χ1v) is 9.94. The number of rotatable bonds is 1. The fourth-order valence-electron chi connectivity index (χ4n) is 8.14. The minimum Gasteiger partial charge on any atom is -0.469 e. The van der Waals surface area contributed by atoms with E-state index in [1.54, 1.807) is 7.11 Å². The average Bonchev–Trinajstić information content (AvgIpc) is 2.53. The summed E-state index contributed by atoms with van der Waals surface area (Å²) in [6.45, 7) is 7.26. The molecule has 0 unspecified atom stereocenters. The number of esters is 1. The number of methoxy groups -OCH3 is 1. The van der Waals surface area contributed by atoms with Crippen molar-refractivity contribution in [3.05, 3.63) is 0 Å². The van der Waals surface area contributed by atoms with Gasteiger partial charge in [0.05, 0.1) is 12.5 Å². The van der Waals surface area contributed by atoms with Gasteiger partial charge in [0.25, 0.3) is 0 Å². The molecular formula is C21H34O2. The first-order valence-electron chi connectivity index (χ1n) is 9.94. The SMILES string of the molecule is COC(=O)[C@]1(C)CCC[C@@]2(C)[C@H]1CC[C@]13CC[C@H](C[C@@H]12)[C@H](C)C3. The number of carbonyl (C=O) groups is 1. The normalized spacial score (nSPS) is 55.0. The summed E-state index contributed by atoms with van der Waals surface area (Å²) < 4.78 is 5.26. The second-order valence-corrected chi connectivity index (χ2v) is 9.99. The molecule has 2 nitrogen and oxygen atoms in total. The molecule has 130 valence electrons. The highest BCUT2D eigenvalue weighted by Gasteiger charge is 2.65. The largest absolute Gasteiger partial charge is 0.469 e. The van der Waals surface area contributed by atoms with E-state index in [4.69, 9.17) is 4.74 Å². The first-order chi connectivity index (χ1) is 10.9. The molecule has 0 aromatic rings. The Balaban J connectivity index is 1.72. The van der Waals surface area contributed by atoms with Crippen LogP contribution in [0.3, 0.4) is 0 Å². The third-order valence-electron chi connectivity index (χ3n) is 9.18. The molecule has 23 heavy (non-hydrogen) atoms. The first kappa shape index (κ1) is 16.0. The molecule has 7 atom stereocenters. The van der Waals surface area contributed by atoms with Gasteiger partial charge in [-0.3, -0.25) is 4.79 Å². The molecule has 2 heteroatoms. The lowest BCUT2D eigenvalue weighted by molar-refractivity contribution is -0.205. The number of carbonyl (C=O) groups excluding carboxylic acids is 1. The van der Waals surface area contributed by atoms with Crippen LogP contribution in [0.4, 0.5) is 0 Å². The highest BCUT2D eigenvalue weighted by Crippen LogP contribution is 2.72. The van der Waals surface area contributed by atoms with Gasteiger partial charge in [0, 0.05) is 0 Å². The van der Waals surface area contributed by atoms with E-state index in [1.807, 2.05) is 0 Å². The number of hydrogen-bond donors (Lipinski definition) is 0. The van der Waals surface area contributed by atoms with Crippen LogP contribution in [0.15, 0.2) is 0 Å². The van der Waals surface area contributed by atoms with Crippen molar-refractivity contribution < 1.29 is 9.53 Å². The van der Waals surface area contributed by atoms with Gasteiger partial charge in [-0.1, -0.05) is 20.3 Å². The number of hydrogen-bond acceptors (Lipinski definition) is 2. The van der Waals surface area contributed by atoms with Crippen molar-refractivity contribution in [2.45, 2.75) is 78.6 Å². The van der Waals surface area contributed by atoms with E-state index in [-0.39, 0.29) is 11.4 Å². The highest BCUT2D eigenvalue weighted by molar-refractivity contribution is 5.77. The van der Waals surface area contributed by atoms with Crippen LogP contribution in [0.1, 0.15) is 78.6 Å². The zero-order valence-electron chi connectivity index (χ0n) is 15.5. The Kier molecular flexibility index (Phi) is 3.46. The Morgan fingerprint density at radius 1 is 1.04 bits per heavy atom. The zero-order valence-corrected chi connectivity index (χ0v) is 15.5. The van der Waals surface area contributed by atoms with Gasteiger partial charge in [-0.25, -0.2) is 0 Å². The van der Waals surface area contributed by atoms with E-state index < -0.39 is 0 Å². The highest BCUT2D eigenvalue weighted by atomic mass is 16.5. The summed E-state index contributed by atoms with van der Waals surface area (Å²) in [6.07, 6.45) is 12.0. The van der Waals surface area contributed by atoms with Crippen LogP contribution in [0.25, 0.3) is 0 Å². The maximum Gasteiger partial charge on any atom is 0.311 e. The average molecular weight is 319 g/mol. The summed E-state index contributed by atoms with van der Waals surface area (Å²) in [6, 6.07) is 0. The Hall–Kier alpha value is -0.530. The van der Waals surface area contributed by atoms with Crippen molar-refractivity contribution in [1.82, 2.24) is 0 Å². The minimum atomic E-state index is -0.244. The molecule has 5 rings (SSSR count). The van der Waals surface area contributed by atoms with Gasteiger partial charge < -0.3 is 4.74 Å². The summed E-state index contributed by atoms with van der Waals surface area (Å²) in [5, 5.41) is 0. The lowest BCUT2D eigenvalue weighted by Crippen LogP contribution is -2.62. The molecular weight excluding hydrogens is 284 g/mol. The van der Waals surface area contributed by atoms with Gasteiger partial charge in [0.15, 0.2) is 0 Å². The van der Waals surface area contributed by atoms with E-state index >= 15 is 0 Å². The summed E-state index contributed by atoms with van der Waals surface area (Å²) in [5.41, 5.74) is 0.720. The zero-order chi connectivity index (χ0) is 16.5. The Morgan fingerprint density at radius 3 is 2.48 bits per heavy atom. The van der Waals surface area contributed by atoms with Gasteiger partial charge >= 0.3 is 5.97 Å². The molecule has 2 bridgehead atoms. The van der Waals surface area contributed by atoms with E-state index in [0.717, 1.165) is 24.2 Å². The van der Waals surface area contributed by atoms with Crippen molar-refractivity contribution in [3.8, 4) is 0 Å². The Bertz CT molecular complexity index is 514. The van der Waals surface area contributed by atoms with Crippen molar-refractivity contribution in [1.29, 1.82) is 0 Å². The molecule has 5 aliphatic carbocycles. The lowest BCUT2D eigenvalue weighted by Gasteiger charge is -2.68. The molecule has 0 radical (unpaired) electrons. The summed E-state index contributed by atoms with van der Waals surface area (Å²) in [5.74, 6) is 3.31. The molecule has 0 heterocycles. The molecule has 0 aliphatic heterocycles. The number of fused-ring (bicyclic) bond motifs is 3. The predicted octanol–water partition coefficient (Wildman–Crippen LogP) is 5.21. The Labute approximate surface area is 141 Å². The fourth-order valence-corrected chi connectivity index (χ4v) is 8.14. The quantitative estimate of drug-likeness (QED) is 0.620. The van der Waals surface area contributed by atoms with Crippen molar-refractivity contribution >= 4 is 5.97 Å². The monoisotopic (exact) mass is 318 g/mol. The molecule has 0 amide bonds. The van der Waals surface area contributed by atoms with Crippen LogP contribution in [-0.4, -0.2) is 13.1 Å². The predicted molar refractivity (Wildman–Crippen MR) is 91.9 cm³/mol. The van der Waals surface area contributed by atoms with Gasteiger partial charge in [-0.15, -0.1) is 0 Å². The summed E-state index contributed by atoms with van der Waals surface area (Å²) in [7, 11) is 1.58. The third kappa shape index (κ3) is 1.96. The van der Waals surface area contributed by atoms with E-state index in [2.05, 4.69) is 20.8 Å². The molecule has 1 spiro atoms. The second-order valence-electron chi connectivity index (χ2n) is 9.99. The van der Waals surface area contributed by atoms with E-state index in [1.165, 1.54) is 51.4 Å². The van der Waals surface area contributed by atoms with Crippen molar-refractivity contribution in [3.63, 3.8) is 0 Å². The maximum absolute atomic E-state index is 12.6. The molecule has 5 saturated carbocycles. The smallest absolute Gasteiger partial charge is 0.311 e. The third-order valence-corrected chi connectivity index (χ3v) is 9.18. The van der Waals surface area contributed by atoms with Crippen molar-refractivity contribution in [2.24, 2.45) is 39.9 Å². The standard InChI is InChI=1S/C21H34O2/c1-14-13-21-10-6-15(14)12-17(21)19(2)8-5-9-20(3,18(22)23-4)16(19)7-11-21/h14-17H,5-13H2,1-4H3/t14-,15-,16-,17-,19+,20-,21+/m1/s1. The van der Waals surface area contributed by atoms with Crippen molar-refractivity contribution in [2.75, 3.05) is 7.11 Å². The van der Waals surface area contributed by atoms with Gasteiger partial charge in [-0.2, -0.15) is 0 Å². The van der Waals surface area contributed by atoms with Crippen LogP contribution in [0.2, 0.25) is 0 Å². The van der Waals surface area contributed by atoms with E-state index in [9.17, 15) is 4.79 Å². The fraction of sp³-hybridized carbons (Fsp3) is 0.952. The molecule has 0 aromatic heterocycles. The second kappa shape index (κ2) is 4.99. The van der Waals surface area contributed by atoms with Gasteiger partial charge in [0.1, 0.15) is 0 Å². The summed E-state index contributed by atoms with van der Waals surface area (Å²) >= 11 is 0. The van der Waals surface area contributed by atoms with Gasteiger partial charge in [0.2, 0.25) is 0 Å². The Morgan fingerprint density at radius 2 is 1.78 bits per heavy atom. The van der Waals surface area contributed by atoms with Crippen LogP contribution in [0.5, 0.6) is 0 Å². The van der Waals surface area contributed by atoms with Crippen LogP contribution in [0, 0.1) is 39.9 Å². The molecule has 0 N–H and O–H groups in total. The molecule has 0 aromatic carbocycles. The van der Waals surface area contributed by atoms with Gasteiger partial charge in [-0.05, 0) is 92.8 Å². The van der Waals surface area contributed by atoms with Crippen LogP contribution >= 0.6 is 0 Å². The van der Waals surface area contributed by atoms with Crippen LogP contribution in [-0.2, 0) is 9.53 Å². The molecule has 5 aliphatic rings.